The zero-order valence-corrected chi connectivity index (χ0v) is 18.7. The second-order valence-electron chi connectivity index (χ2n) is 8.53. The van der Waals surface area contributed by atoms with Gasteiger partial charge in [0, 0.05) is 44.8 Å². The first-order chi connectivity index (χ1) is 14.6. The Morgan fingerprint density at radius 1 is 1.10 bits per heavy atom. The molecular weight excluding hydrogens is 376 g/mol. The minimum Gasteiger partial charge on any atom is -0.373 e. The molecule has 2 aliphatic heterocycles. The zero-order valence-electron chi connectivity index (χ0n) is 18.7. The third-order valence-corrected chi connectivity index (χ3v) is 6.26. The molecule has 2 fully saturated rings. The Balaban J connectivity index is 1.62. The van der Waals surface area contributed by atoms with Crippen LogP contribution in [0.5, 0.6) is 0 Å². The van der Waals surface area contributed by atoms with Crippen LogP contribution in [-0.2, 0) is 4.79 Å². The molecule has 166 valence electrons. The van der Waals surface area contributed by atoms with Crippen LogP contribution in [0.15, 0.2) is 12.1 Å². The van der Waals surface area contributed by atoms with Crippen molar-refractivity contribution in [2.24, 2.45) is 0 Å². The van der Waals surface area contributed by atoms with Gasteiger partial charge in [0.25, 0.3) is 5.91 Å². The van der Waals surface area contributed by atoms with E-state index in [2.05, 4.69) is 27.4 Å². The Bertz CT molecular complexity index is 706. The van der Waals surface area contributed by atoms with Crippen LogP contribution in [0.3, 0.4) is 0 Å². The van der Waals surface area contributed by atoms with Crippen LogP contribution in [0.25, 0.3) is 0 Å². The van der Waals surface area contributed by atoms with Gasteiger partial charge in [-0.1, -0.05) is 26.2 Å². The molecule has 0 bridgehead atoms. The van der Waals surface area contributed by atoms with Gasteiger partial charge in [0.05, 0.1) is 0 Å². The lowest BCUT2D eigenvalue weighted by atomic mass is 10.0. The lowest BCUT2D eigenvalue weighted by molar-refractivity contribution is -0.115. The van der Waals surface area contributed by atoms with Gasteiger partial charge in [0.1, 0.15) is 17.3 Å². The van der Waals surface area contributed by atoms with Gasteiger partial charge in [-0.25, -0.2) is 4.98 Å². The van der Waals surface area contributed by atoms with E-state index in [9.17, 15) is 4.79 Å². The van der Waals surface area contributed by atoms with E-state index in [1.165, 1.54) is 32.1 Å². The molecule has 1 amide bonds. The molecule has 0 aromatic carbocycles. The first-order valence-corrected chi connectivity index (χ1v) is 11.7. The highest BCUT2D eigenvalue weighted by atomic mass is 16.1. The number of hydrogen-bond acceptors (Lipinski definition) is 6. The zero-order chi connectivity index (χ0) is 21.3. The molecule has 2 saturated heterocycles. The van der Waals surface area contributed by atoms with Crippen LogP contribution >= 0.6 is 0 Å². The van der Waals surface area contributed by atoms with Crippen LogP contribution < -0.4 is 15.5 Å². The summed E-state index contributed by atoms with van der Waals surface area (Å²) < 4.78 is 0. The highest BCUT2D eigenvalue weighted by Gasteiger charge is 2.24. The molecule has 3 N–H and O–H groups in total. The lowest BCUT2D eigenvalue weighted by Crippen LogP contribution is -2.46. The number of nitrogens with zero attached hydrogens (tertiary/aromatic N) is 3. The number of rotatable bonds is 7. The number of aromatic nitrogens is 1. The van der Waals surface area contributed by atoms with Gasteiger partial charge < -0.3 is 20.4 Å². The summed E-state index contributed by atoms with van der Waals surface area (Å²) in [5.41, 5.74) is 0.552. The van der Waals surface area contributed by atoms with Crippen molar-refractivity contribution in [1.29, 1.82) is 5.41 Å². The summed E-state index contributed by atoms with van der Waals surface area (Å²) in [5, 5.41) is 14.6. The van der Waals surface area contributed by atoms with E-state index < -0.39 is 0 Å². The third kappa shape index (κ3) is 5.94. The summed E-state index contributed by atoms with van der Waals surface area (Å²) in [7, 11) is 1.80. The number of anilines is 2. The summed E-state index contributed by atoms with van der Waals surface area (Å²) in [6, 6.07) is 3.99. The van der Waals surface area contributed by atoms with E-state index in [0.29, 0.717) is 11.4 Å². The molecule has 7 heteroatoms. The van der Waals surface area contributed by atoms with Crippen molar-refractivity contribution >= 4 is 23.3 Å². The Hall–Kier alpha value is -2.15. The molecule has 0 saturated carbocycles. The number of hydrogen-bond donors (Lipinski definition) is 3. The maximum atomic E-state index is 12.7. The number of carbonyl (C=O) groups is 1. The smallest absolute Gasteiger partial charge is 0.270 e. The van der Waals surface area contributed by atoms with Gasteiger partial charge in [0.15, 0.2) is 0 Å². The molecule has 2 aliphatic rings. The number of amides is 1. The van der Waals surface area contributed by atoms with Crippen molar-refractivity contribution in [2.45, 2.75) is 64.3 Å². The van der Waals surface area contributed by atoms with E-state index in [1.54, 1.807) is 7.05 Å². The van der Waals surface area contributed by atoms with Gasteiger partial charge in [-0.3, -0.25) is 10.2 Å². The van der Waals surface area contributed by atoms with Gasteiger partial charge in [-0.2, -0.15) is 0 Å². The topological polar surface area (TPSA) is 84.4 Å². The molecule has 1 aromatic heterocycles. The van der Waals surface area contributed by atoms with E-state index >= 15 is 0 Å². The summed E-state index contributed by atoms with van der Waals surface area (Å²) in [6.07, 6.45) is 9.31. The maximum Gasteiger partial charge on any atom is 0.270 e. The first kappa shape index (κ1) is 22.5. The van der Waals surface area contributed by atoms with Gasteiger partial charge in [-0.05, 0) is 50.8 Å². The molecule has 30 heavy (non-hydrogen) atoms. The quantitative estimate of drug-likeness (QED) is 0.597. The first-order valence-electron chi connectivity index (χ1n) is 11.7. The second kappa shape index (κ2) is 11.3. The largest absolute Gasteiger partial charge is 0.373 e. The van der Waals surface area contributed by atoms with Crippen molar-refractivity contribution in [3.05, 3.63) is 17.7 Å². The standard InChI is InChI=1S/C23H38N6O/c1-3-13-28-16-11-18(12-17-28)26-23(30)21(24)19-9-10-20(27-22(19)25-2)29-14-7-5-4-6-8-15-29/h9-10,18,24H,3-8,11-17H2,1-2H3,(H,25,27)(H,26,30). The second-order valence-corrected chi connectivity index (χ2v) is 8.53. The van der Waals surface area contributed by atoms with Crippen LogP contribution in [0.1, 0.15) is 63.9 Å². The Morgan fingerprint density at radius 3 is 2.40 bits per heavy atom. The van der Waals surface area contributed by atoms with Crippen molar-refractivity contribution in [3.63, 3.8) is 0 Å². The van der Waals surface area contributed by atoms with Crippen LogP contribution in [0.4, 0.5) is 11.6 Å². The fourth-order valence-electron chi connectivity index (χ4n) is 4.49. The number of carbonyl (C=O) groups excluding carboxylic acids is 1. The SMILES string of the molecule is CCCN1CCC(NC(=O)C(=N)c2ccc(N3CCCCCCC3)nc2NC)CC1. The van der Waals surface area contributed by atoms with E-state index in [1.807, 2.05) is 12.1 Å². The number of nitrogens with one attached hydrogen (secondary N) is 3. The summed E-state index contributed by atoms with van der Waals surface area (Å²) in [5.74, 6) is 1.23. The van der Waals surface area contributed by atoms with Crippen molar-refractivity contribution in [1.82, 2.24) is 15.2 Å². The third-order valence-electron chi connectivity index (χ3n) is 6.26. The molecule has 0 unspecified atom stereocenters. The van der Waals surface area contributed by atoms with Gasteiger partial charge in [-0.15, -0.1) is 0 Å². The van der Waals surface area contributed by atoms with Crippen molar-refractivity contribution in [2.75, 3.05) is 50.0 Å². The number of pyridine rings is 1. The highest BCUT2D eigenvalue weighted by molar-refractivity contribution is 6.45. The Morgan fingerprint density at radius 2 is 1.77 bits per heavy atom. The summed E-state index contributed by atoms with van der Waals surface area (Å²) in [4.78, 5) is 22.3. The molecule has 1 aromatic rings. The Kier molecular flexibility index (Phi) is 8.49. The average molecular weight is 415 g/mol. The van der Waals surface area contributed by atoms with Gasteiger partial charge >= 0.3 is 0 Å². The van der Waals surface area contributed by atoms with Crippen molar-refractivity contribution in [3.8, 4) is 0 Å². The fraction of sp³-hybridized carbons (Fsp3) is 0.696. The van der Waals surface area contributed by atoms with E-state index in [-0.39, 0.29) is 17.7 Å². The summed E-state index contributed by atoms with van der Waals surface area (Å²) in [6.45, 7) is 7.38. The van der Waals surface area contributed by atoms with Crippen molar-refractivity contribution < 1.29 is 4.79 Å². The molecule has 3 heterocycles. The number of piperidine rings is 1. The predicted molar refractivity (Wildman–Crippen MR) is 124 cm³/mol. The minimum absolute atomic E-state index is 0.0120. The minimum atomic E-state index is -0.304. The maximum absolute atomic E-state index is 12.7. The molecule has 0 aliphatic carbocycles. The monoisotopic (exact) mass is 414 g/mol. The average Bonchev–Trinajstić information content (AvgIpc) is 2.74. The molecular formula is C23H38N6O. The van der Waals surface area contributed by atoms with Gasteiger partial charge in [0.2, 0.25) is 0 Å². The molecule has 7 nitrogen and oxygen atoms in total. The fourth-order valence-corrected chi connectivity index (χ4v) is 4.49. The molecule has 0 radical (unpaired) electrons. The molecule has 0 spiro atoms. The summed E-state index contributed by atoms with van der Waals surface area (Å²) >= 11 is 0. The van der Waals surface area contributed by atoms with Crippen LogP contribution in [-0.4, -0.2) is 67.3 Å². The molecule has 0 atom stereocenters. The highest BCUT2D eigenvalue weighted by Crippen LogP contribution is 2.22. The lowest BCUT2D eigenvalue weighted by Gasteiger charge is -2.32. The number of likely N-dealkylation sites (tertiary alicyclic amines) is 1. The Labute approximate surface area is 181 Å². The van der Waals surface area contributed by atoms with Crippen LogP contribution in [0.2, 0.25) is 0 Å². The van der Waals surface area contributed by atoms with E-state index in [4.69, 9.17) is 10.4 Å². The molecule has 3 rings (SSSR count). The van der Waals surface area contributed by atoms with E-state index in [0.717, 1.165) is 57.8 Å². The predicted octanol–water partition coefficient (Wildman–Crippen LogP) is 3.25. The normalized spacial score (nSPS) is 19.1. The van der Waals surface area contributed by atoms with Crippen LogP contribution in [0, 0.1) is 5.41 Å².